The van der Waals surface area contributed by atoms with Crippen molar-refractivity contribution in [1.82, 2.24) is 29.2 Å². The fourth-order valence-corrected chi connectivity index (χ4v) is 3.60. The van der Waals surface area contributed by atoms with Gasteiger partial charge in [-0.1, -0.05) is 24.3 Å². The lowest BCUT2D eigenvalue weighted by molar-refractivity contribution is 0.0782. The summed E-state index contributed by atoms with van der Waals surface area (Å²) in [5.74, 6) is 0.484. The van der Waals surface area contributed by atoms with Crippen LogP contribution in [-0.2, 0) is 6.54 Å². The number of aromatic amines is 1. The van der Waals surface area contributed by atoms with E-state index in [0.29, 0.717) is 23.8 Å². The molecule has 8 heteroatoms. The number of fused-ring (bicyclic) bond motifs is 1. The zero-order valence-corrected chi connectivity index (χ0v) is 16.7. The van der Waals surface area contributed by atoms with Crippen LogP contribution in [0, 0.1) is 5.82 Å². The summed E-state index contributed by atoms with van der Waals surface area (Å²) >= 11 is 0. The molecule has 154 valence electrons. The third kappa shape index (κ3) is 3.38. The fourth-order valence-electron chi connectivity index (χ4n) is 3.60. The van der Waals surface area contributed by atoms with Gasteiger partial charge in [-0.3, -0.25) is 4.79 Å². The highest BCUT2D eigenvalue weighted by atomic mass is 19.1. The third-order valence-corrected chi connectivity index (χ3v) is 5.08. The largest absolute Gasteiger partial charge is 0.340 e. The summed E-state index contributed by atoms with van der Waals surface area (Å²) in [6, 6.07) is 17.7. The number of carbonyl (C=O) groups is 1. The van der Waals surface area contributed by atoms with E-state index in [-0.39, 0.29) is 11.6 Å². The number of halogens is 1. The molecule has 0 aliphatic rings. The second-order valence-electron chi connectivity index (χ2n) is 7.20. The molecule has 5 rings (SSSR count). The van der Waals surface area contributed by atoms with Gasteiger partial charge in [0.25, 0.3) is 5.91 Å². The monoisotopic (exact) mass is 414 g/mol. The first-order chi connectivity index (χ1) is 15.1. The summed E-state index contributed by atoms with van der Waals surface area (Å²) in [4.78, 5) is 22.7. The van der Waals surface area contributed by atoms with Crippen molar-refractivity contribution >= 4 is 16.9 Å². The lowest BCUT2D eigenvalue weighted by Gasteiger charge is -2.17. The molecule has 0 fully saturated rings. The molecular formula is C23H19FN6O. The average Bonchev–Trinajstić information content (AvgIpc) is 3.51. The van der Waals surface area contributed by atoms with Gasteiger partial charge in [0.05, 0.1) is 23.8 Å². The second kappa shape index (κ2) is 7.56. The van der Waals surface area contributed by atoms with Gasteiger partial charge in [-0.15, -0.1) is 0 Å². The van der Waals surface area contributed by atoms with Crippen molar-refractivity contribution < 1.29 is 9.18 Å². The van der Waals surface area contributed by atoms with E-state index >= 15 is 0 Å². The Morgan fingerprint density at radius 1 is 1.06 bits per heavy atom. The zero-order chi connectivity index (χ0) is 21.4. The van der Waals surface area contributed by atoms with E-state index in [9.17, 15) is 9.18 Å². The van der Waals surface area contributed by atoms with Gasteiger partial charge in [0.15, 0.2) is 5.82 Å². The van der Waals surface area contributed by atoms with Gasteiger partial charge < -0.3 is 14.5 Å². The van der Waals surface area contributed by atoms with E-state index in [1.165, 1.54) is 16.9 Å². The van der Waals surface area contributed by atoms with Crippen LogP contribution in [0.25, 0.3) is 22.5 Å². The molecule has 3 heterocycles. The van der Waals surface area contributed by atoms with Crippen molar-refractivity contribution in [2.24, 2.45) is 0 Å². The van der Waals surface area contributed by atoms with Gasteiger partial charge in [0, 0.05) is 19.4 Å². The Morgan fingerprint density at radius 3 is 2.58 bits per heavy atom. The maximum atomic E-state index is 14.5. The van der Waals surface area contributed by atoms with Crippen LogP contribution < -0.4 is 0 Å². The van der Waals surface area contributed by atoms with Crippen LogP contribution in [0.1, 0.15) is 16.2 Å². The summed E-state index contributed by atoms with van der Waals surface area (Å²) in [6.45, 7) is 0.295. The summed E-state index contributed by atoms with van der Waals surface area (Å²) in [5, 5.41) is 4.33. The maximum Gasteiger partial charge on any atom is 0.259 e. The quantitative estimate of drug-likeness (QED) is 0.473. The van der Waals surface area contributed by atoms with E-state index in [2.05, 4.69) is 15.1 Å². The highest BCUT2D eigenvalue weighted by Crippen LogP contribution is 2.23. The Morgan fingerprint density at radius 2 is 1.81 bits per heavy atom. The van der Waals surface area contributed by atoms with Crippen molar-refractivity contribution in [3.8, 4) is 11.5 Å². The summed E-state index contributed by atoms with van der Waals surface area (Å²) in [7, 11) is 1.70. The number of rotatable bonds is 5. The van der Waals surface area contributed by atoms with Gasteiger partial charge in [0.1, 0.15) is 22.9 Å². The highest BCUT2D eigenvalue weighted by Gasteiger charge is 2.24. The average molecular weight is 414 g/mol. The van der Waals surface area contributed by atoms with Gasteiger partial charge in [-0.25, -0.2) is 14.1 Å². The Kier molecular flexibility index (Phi) is 4.59. The van der Waals surface area contributed by atoms with Gasteiger partial charge >= 0.3 is 0 Å². The van der Waals surface area contributed by atoms with Crippen molar-refractivity contribution in [2.75, 3.05) is 7.05 Å². The molecule has 0 aliphatic carbocycles. The van der Waals surface area contributed by atoms with Crippen molar-refractivity contribution in [1.29, 1.82) is 0 Å². The fraction of sp³-hybridized carbons (Fsp3) is 0.0870. The molecule has 3 aromatic heterocycles. The minimum Gasteiger partial charge on any atom is -0.340 e. The number of aromatic nitrogens is 5. The first-order valence-corrected chi connectivity index (χ1v) is 9.77. The molecular weight excluding hydrogens is 395 g/mol. The molecule has 0 bridgehead atoms. The zero-order valence-electron chi connectivity index (χ0n) is 16.7. The van der Waals surface area contributed by atoms with Crippen LogP contribution in [0.3, 0.4) is 0 Å². The molecule has 0 unspecified atom stereocenters. The Bertz CT molecular complexity index is 1340. The molecule has 0 atom stereocenters. The number of nitrogens with zero attached hydrogens (tertiary/aromatic N) is 5. The van der Waals surface area contributed by atoms with E-state index in [4.69, 9.17) is 0 Å². The smallest absolute Gasteiger partial charge is 0.259 e. The van der Waals surface area contributed by atoms with E-state index in [0.717, 1.165) is 11.0 Å². The number of nitrogens with one attached hydrogen (secondary N) is 1. The molecule has 7 nitrogen and oxygen atoms in total. The first kappa shape index (κ1) is 18.8. The number of H-pyrrole nitrogens is 1. The Hall–Kier alpha value is -4.20. The van der Waals surface area contributed by atoms with Crippen molar-refractivity contribution in [2.45, 2.75) is 6.54 Å². The lowest BCUT2D eigenvalue weighted by atomic mass is 10.2. The van der Waals surface area contributed by atoms with E-state index in [1.54, 1.807) is 47.1 Å². The molecule has 2 aromatic carbocycles. The predicted octanol–water partition coefficient (Wildman–Crippen LogP) is 3.95. The van der Waals surface area contributed by atoms with Crippen LogP contribution in [0.4, 0.5) is 4.39 Å². The molecule has 0 aliphatic heterocycles. The number of para-hydroxylation sites is 3. The number of hydrogen-bond donors (Lipinski definition) is 1. The Labute approximate surface area is 177 Å². The van der Waals surface area contributed by atoms with Crippen molar-refractivity contribution in [3.63, 3.8) is 0 Å². The first-order valence-electron chi connectivity index (χ1n) is 9.77. The van der Waals surface area contributed by atoms with Crippen molar-refractivity contribution in [3.05, 3.63) is 96.5 Å². The molecule has 1 amide bonds. The molecule has 0 radical (unpaired) electrons. The van der Waals surface area contributed by atoms with Crippen LogP contribution in [-0.4, -0.2) is 42.2 Å². The topological polar surface area (TPSA) is 71.7 Å². The third-order valence-electron chi connectivity index (χ3n) is 5.08. The molecule has 0 saturated carbocycles. The second-order valence-corrected chi connectivity index (χ2v) is 7.20. The SMILES string of the molecule is CN(Cc1nc2ccccc2[nH]1)C(=O)c1cnn(-c2ccccc2F)c1-n1cccc1. The molecule has 5 aromatic rings. The standard InChI is InChI=1S/C23H19FN6O/c1-28(15-21-26-18-9-3-4-10-19(18)27-21)23(31)16-14-25-30(20-11-5-2-8-17(20)24)22(16)29-12-6-7-13-29/h2-14H,15H2,1H3,(H,26,27). The normalized spacial score (nSPS) is 11.2. The van der Waals surface area contributed by atoms with Crippen LogP contribution in [0.2, 0.25) is 0 Å². The van der Waals surface area contributed by atoms with E-state index in [1.807, 2.05) is 36.4 Å². The maximum absolute atomic E-state index is 14.5. The number of imidazole rings is 1. The van der Waals surface area contributed by atoms with Gasteiger partial charge in [0.2, 0.25) is 0 Å². The number of carbonyl (C=O) groups excluding carboxylic acids is 1. The highest BCUT2D eigenvalue weighted by molar-refractivity contribution is 5.97. The molecule has 0 spiro atoms. The minimum atomic E-state index is -0.423. The number of hydrogen-bond acceptors (Lipinski definition) is 3. The molecule has 0 saturated heterocycles. The van der Waals surface area contributed by atoms with Gasteiger partial charge in [-0.05, 0) is 36.4 Å². The summed E-state index contributed by atoms with van der Waals surface area (Å²) < 4.78 is 17.7. The summed E-state index contributed by atoms with van der Waals surface area (Å²) in [5.41, 5.74) is 2.39. The van der Waals surface area contributed by atoms with Crippen LogP contribution >= 0.6 is 0 Å². The summed E-state index contributed by atoms with van der Waals surface area (Å²) in [6.07, 6.45) is 5.06. The van der Waals surface area contributed by atoms with E-state index < -0.39 is 5.82 Å². The minimum absolute atomic E-state index is 0.244. The van der Waals surface area contributed by atoms with Gasteiger partial charge in [-0.2, -0.15) is 5.10 Å². The molecule has 31 heavy (non-hydrogen) atoms. The lowest BCUT2D eigenvalue weighted by Crippen LogP contribution is -2.27. The number of benzene rings is 2. The van der Waals surface area contributed by atoms with Crippen LogP contribution in [0.5, 0.6) is 0 Å². The predicted molar refractivity (Wildman–Crippen MR) is 115 cm³/mol. The Balaban J connectivity index is 1.52. The molecule has 1 N–H and O–H groups in total. The van der Waals surface area contributed by atoms with Crippen LogP contribution in [0.15, 0.2) is 79.3 Å². The number of amides is 1.